The number of nitriles is 1. The van der Waals surface area contributed by atoms with Gasteiger partial charge in [-0.3, -0.25) is 0 Å². The fourth-order valence-electron chi connectivity index (χ4n) is 1.57. The lowest BCUT2D eigenvalue weighted by Crippen LogP contribution is -2.00. The van der Waals surface area contributed by atoms with Gasteiger partial charge in [0.05, 0.1) is 15.1 Å². The molecule has 0 heterocycles. The van der Waals surface area contributed by atoms with E-state index in [1.165, 1.54) is 6.07 Å². The molecule has 0 aliphatic rings. The molecule has 0 aromatic heterocycles. The normalized spacial score (nSPS) is 10.0. The molecule has 2 aromatic carbocycles. The molecule has 2 rings (SSSR count). The molecule has 0 bridgehead atoms. The molecule has 0 atom stereocenters. The molecule has 0 unspecified atom stereocenters. The summed E-state index contributed by atoms with van der Waals surface area (Å²) in [5, 5.41) is 12.4. The van der Waals surface area contributed by atoms with Crippen LogP contribution in [-0.4, -0.2) is 0 Å². The quantitative estimate of drug-likeness (QED) is 0.878. The van der Waals surface area contributed by atoms with Crippen molar-refractivity contribution in [2.45, 2.75) is 6.54 Å². The van der Waals surface area contributed by atoms with Gasteiger partial charge in [-0.25, -0.2) is 4.39 Å². The van der Waals surface area contributed by atoms with E-state index in [4.69, 9.17) is 16.9 Å². The number of nitrogens with zero attached hydrogens (tertiary/aromatic N) is 1. The molecule has 2 nitrogen and oxygen atoms in total. The van der Waals surface area contributed by atoms with Gasteiger partial charge in [0, 0.05) is 12.2 Å². The van der Waals surface area contributed by atoms with Crippen LogP contribution in [0.25, 0.3) is 0 Å². The third kappa shape index (κ3) is 3.46. The molecule has 0 fully saturated rings. The fourth-order valence-corrected chi connectivity index (χ4v) is 1.98. The molecule has 0 radical (unpaired) electrons. The molecule has 96 valence electrons. The Morgan fingerprint density at radius 2 is 2.05 bits per heavy atom. The Labute approximate surface area is 123 Å². The monoisotopic (exact) mass is 338 g/mol. The van der Waals surface area contributed by atoms with Gasteiger partial charge in [0.25, 0.3) is 0 Å². The lowest BCUT2D eigenvalue weighted by atomic mass is 10.2. The zero-order valence-corrected chi connectivity index (χ0v) is 12.1. The smallest absolute Gasteiger partial charge is 0.137 e. The summed E-state index contributed by atoms with van der Waals surface area (Å²) >= 11 is 8.95. The third-order valence-corrected chi connectivity index (χ3v) is 3.54. The predicted octanol–water partition coefficient (Wildman–Crippen LogP) is 4.73. The van der Waals surface area contributed by atoms with E-state index in [1.54, 1.807) is 24.3 Å². The first kappa shape index (κ1) is 13.9. The van der Waals surface area contributed by atoms with Crippen molar-refractivity contribution in [1.82, 2.24) is 0 Å². The molecule has 2 aromatic rings. The number of hydrogen-bond acceptors (Lipinski definition) is 2. The Kier molecular flexibility index (Phi) is 4.41. The third-order valence-electron chi connectivity index (χ3n) is 2.57. The van der Waals surface area contributed by atoms with Crippen molar-refractivity contribution in [1.29, 1.82) is 5.26 Å². The molecule has 5 heteroatoms. The summed E-state index contributed by atoms with van der Waals surface area (Å²) in [5.41, 5.74) is 1.99. The van der Waals surface area contributed by atoms with Crippen LogP contribution in [0.2, 0.25) is 5.02 Å². The number of nitrogens with one attached hydrogen (secondary N) is 1. The first-order chi connectivity index (χ1) is 9.10. The van der Waals surface area contributed by atoms with E-state index in [9.17, 15) is 4.39 Å². The Bertz CT molecular complexity index is 652. The van der Waals surface area contributed by atoms with Gasteiger partial charge in [0.1, 0.15) is 11.9 Å². The van der Waals surface area contributed by atoms with Crippen molar-refractivity contribution in [3.8, 4) is 6.07 Å². The van der Waals surface area contributed by atoms with E-state index < -0.39 is 0 Å². The molecule has 19 heavy (non-hydrogen) atoms. The molecule has 0 saturated carbocycles. The van der Waals surface area contributed by atoms with Gasteiger partial charge in [-0.15, -0.1) is 0 Å². The first-order valence-electron chi connectivity index (χ1n) is 5.47. The second-order valence-electron chi connectivity index (χ2n) is 3.91. The van der Waals surface area contributed by atoms with Crippen LogP contribution in [0.1, 0.15) is 11.1 Å². The summed E-state index contributed by atoms with van der Waals surface area (Å²) < 4.78 is 13.8. The van der Waals surface area contributed by atoms with E-state index >= 15 is 0 Å². The van der Waals surface area contributed by atoms with E-state index in [-0.39, 0.29) is 5.82 Å². The van der Waals surface area contributed by atoms with Crippen LogP contribution in [0.15, 0.2) is 40.9 Å². The summed E-state index contributed by atoms with van der Waals surface area (Å²) in [4.78, 5) is 0. The Morgan fingerprint density at radius 1 is 1.26 bits per heavy atom. The summed E-state index contributed by atoms with van der Waals surface area (Å²) in [6.07, 6.45) is 0. The summed E-state index contributed by atoms with van der Waals surface area (Å²) in [6, 6.07) is 12.0. The maximum atomic E-state index is 13.3. The lowest BCUT2D eigenvalue weighted by molar-refractivity contribution is 0.619. The minimum atomic E-state index is -0.298. The van der Waals surface area contributed by atoms with Crippen LogP contribution in [0.4, 0.5) is 10.1 Å². The van der Waals surface area contributed by atoms with Gasteiger partial charge < -0.3 is 5.32 Å². The highest BCUT2D eigenvalue weighted by molar-refractivity contribution is 9.10. The molecular formula is C14H9BrClFN2. The van der Waals surface area contributed by atoms with Crippen LogP contribution in [0.5, 0.6) is 0 Å². The van der Waals surface area contributed by atoms with Crippen LogP contribution in [0.3, 0.4) is 0 Å². The average Bonchev–Trinajstić information content (AvgIpc) is 2.41. The van der Waals surface area contributed by atoms with Crippen LogP contribution < -0.4 is 5.32 Å². The van der Waals surface area contributed by atoms with Gasteiger partial charge in [-0.2, -0.15) is 5.26 Å². The Hall–Kier alpha value is -1.57. The topological polar surface area (TPSA) is 35.8 Å². The van der Waals surface area contributed by atoms with Crippen LogP contribution in [-0.2, 0) is 6.54 Å². The van der Waals surface area contributed by atoms with E-state index in [0.29, 0.717) is 21.6 Å². The first-order valence-corrected chi connectivity index (χ1v) is 6.64. The number of halogens is 3. The average molecular weight is 340 g/mol. The van der Waals surface area contributed by atoms with E-state index in [1.807, 2.05) is 12.1 Å². The van der Waals surface area contributed by atoms with E-state index in [2.05, 4.69) is 21.2 Å². The summed E-state index contributed by atoms with van der Waals surface area (Å²) in [7, 11) is 0. The van der Waals surface area contributed by atoms with Gasteiger partial charge >= 0.3 is 0 Å². The summed E-state index contributed by atoms with van der Waals surface area (Å²) in [6.45, 7) is 0.469. The summed E-state index contributed by atoms with van der Waals surface area (Å²) in [5.74, 6) is -0.298. The highest BCUT2D eigenvalue weighted by atomic mass is 79.9. The lowest BCUT2D eigenvalue weighted by Gasteiger charge is -2.08. The Morgan fingerprint density at radius 3 is 2.74 bits per heavy atom. The Balaban J connectivity index is 2.10. The largest absolute Gasteiger partial charge is 0.381 e. The van der Waals surface area contributed by atoms with Crippen LogP contribution in [0, 0.1) is 17.1 Å². The zero-order chi connectivity index (χ0) is 13.8. The van der Waals surface area contributed by atoms with Crippen molar-refractivity contribution in [3.63, 3.8) is 0 Å². The van der Waals surface area contributed by atoms with Gasteiger partial charge in [-0.05, 0) is 51.8 Å². The molecule has 0 aliphatic carbocycles. The molecule has 0 spiro atoms. The highest BCUT2D eigenvalue weighted by Crippen LogP contribution is 2.21. The van der Waals surface area contributed by atoms with Gasteiger partial charge in [0.2, 0.25) is 0 Å². The highest BCUT2D eigenvalue weighted by Gasteiger charge is 2.03. The van der Waals surface area contributed by atoms with Crippen molar-refractivity contribution in [3.05, 3.63) is 62.8 Å². The van der Waals surface area contributed by atoms with E-state index in [0.717, 1.165) is 11.3 Å². The molecule has 1 N–H and O–H groups in total. The number of benzene rings is 2. The number of anilines is 1. The van der Waals surface area contributed by atoms with Gasteiger partial charge in [0.15, 0.2) is 0 Å². The maximum Gasteiger partial charge on any atom is 0.137 e. The number of rotatable bonds is 3. The molecule has 0 saturated heterocycles. The molecule has 0 amide bonds. The maximum absolute atomic E-state index is 13.3. The van der Waals surface area contributed by atoms with Gasteiger partial charge in [-0.1, -0.05) is 17.7 Å². The van der Waals surface area contributed by atoms with Crippen molar-refractivity contribution < 1.29 is 4.39 Å². The fraction of sp³-hybridized carbons (Fsp3) is 0.0714. The zero-order valence-electron chi connectivity index (χ0n) is 9.75. The molecule has 0 aliphatic heterocycles. The number of hydrogen-bond donors (Lipinski definition) is 1. The second-order valence-corrected chi connectivity index (χ2v) is 5.17. The molecular weight excluding hydrogens is 331 g/mol. The SMILES string of the molecule is N#Cc1cc(NCc2ccc(Br)c(F)c2)ccc1Cl. The standard InChI is InChI=1S/C14H9BrClFN2/c15-12-3-1-9(5-14(12)17)8-19-11-2-4-13(16)10(6-11)7-18/h1-6,19H,8H2. The second kappa shape index (κ2) is 6.05. The van der Waals surface area contributed by atoms with Crippen LogP contribution >= 0.6 is 27.5 Å². The minimum Gasteiger partial charge on any atom is -0.381 e. The van der Waals surface area contributed by atoms with Crippen molar-refractivity contribution in [2.75, 3.05) is 5.32 Å². The predicted molar refractivity (Wildman–Crippen MR) is 77.6 cm³/mol. The van der Waals surface area contributed by atoms with Crippen molar-refractivity contribution >= 4 is 33.2 Å². The van der Waals surface area contributed by atoms with Crippen molar-refractivity contribution in [2.24, 2.45) is 0 Å². The minimum absolute atomic E-state index is 0.298.